The first-order chi connectivity index (χ1) is 17.4. The van der Waals surface area contributed by atoms with Crippen molar-refractivity contribution in [3.63, 3.8) is 0 Å². The number of piperidine rings is 1. The fourth-order valence-electron chi connectivity index (χ4n) is 4.86. The minimum atomic E-state index is -0.248. The summed E-state index contributed by atoms with van der Waals surface area (Å²) in [4.78, 5) is 16.2. The van der Waals surface area contributed by atoms with E-state index in [9.17, 15) is 9.18 Å². The number of aryl methyl sites for hydroxylation is 2. The molecule has 0 spiro atoms. The summed E-state index contributed by atoms with van der Waals surface area (Å²) in [6, 6.07) is 16.4. The highest BCUT2D eigenvalue weighted by Gasteiger charge is 2.22. The van der Waals surface area contributed by atoms with Crippen molar-refractivity contribution in [2.75, 3.05) is 24.1 Å². The number of hydrogen-bond acceptors (Lipinski definition) is 5. The molecule has 0 bridgehead atoms. The Labute approximate surface area is 214 Å². The van der Waals surface area contributed by atoms with Gasteiger partial charge in [0, 0.05) is 35.8 Å². The van der Waals surface area contributed by atoms with Gasteiger partial charge >= 0.3 is 0 Å². The van der Waals surface area contributed by atoms with Crippen LogP contribution in [0.5, 0.6) is 0 Å². The molecule has 1 fully saturated rings. The number of carbonyl (C=O) groups excluding carboxylic acids is 1. The van der Waals surface area contributed by atoms with Crippen LogP contribution in [-0.4, -0.2) is 33.7 Å². The minimum absolute atomic E-state index is 0.218. The van der Waals surface area contributed by atoms with Crippen molar-refractivity contribution in [3.05, 3.63) is 88.3 Å². The maximum atomic E-state index is 13.4. The molecule has 2 aromatic carbocycles. The fourth-order valence-corrected chi connectivity index (χ4v) is 5.58. The molecule has 186 valence electrons. The third-order valence-electron chi connectivity index (χ3n) is 6.90. The summed E-state index contributed by atoms with van der Waals surface area (Å²) in [5.41, 5.74) is 12.1. The number of likely N-dealkylation sites (tertiary alicyclic amines) is 1. The standard InChI is InChI=1S/C28H30FN5OS/c1-18-23(16-33(2)32-18)17-34-13-11-20(12-14-34)19-3-5-21(6-4-19)28(35)31-25-15-22(7-8-24(25)30)26-9-10-27(29)36-26/h3-10,15-16,20H,11-14,17,30H2,1-2H3,(H,31,35). The number of anilines is 2. The van der Waals surface area contributed by atoms with E-state index in [2.05, 4.69) is 40.6 Å². The average molecular weight is 504 g/mol. The van der Waals surface area contributed by atoms with Gasteiger partial charge in [0.25, 0.3) is 5.91 Å². The molecule has 1 aliphatic heterocycles. The van der Waals surface area contributed by atoms with Gasteiger partial charge in [-0.25, -0.2) is 0 Å². The number of nitrogens with two attached hydrogens (primary N) is 1. The Hall–Kier alpha value is -3.49. The van der Waals surface area contributed by atoms with Crippen LogP contribution in [0, 0.1) is 12.1 Å². The van der Waals surface area contributed by atoms with Gasteiger partial charge in [-0.1, -0.05) is 18.2 Å². The highest BCUT2D eigenvalue weighted by Crippen LogP contribution is 2.32. The zero-order chi connectivity index (χ0) is 25.2. The number of nitrogens with zero attached hydrogens (tertiary/aromatic N) is 3. The molecule has 3 N–H and O–H groups in total. The summed E-state index contributed by atoms with van der Waals surface area (Å²) in [6.45, 7) is 5.10. The van der Waals surface area contributed by atoms with E-state index in [4.69, 9.17) is 5.73 Å². The molecule has 1 saturated heterocycles. The number of nitrogens with one attached hydrogen (secondary N) is 1. The van der Waals surface area contributed by atoms with Gasteiger partial charge in [0.05, 0.1) is 17.1 Å². The third kappa shape index (κ3) is 5.34. The quantitative estimate of drug-likeness (QED) is 0.326. The molecule has 5 rings (SSSR count). The van der Waals surface area contributed by atoms with Crippen molar-refractivity contribution in [2.24, 2.45) is 7.05 Å². The summed E-state index contributed by atoms with van der Waals surface area (Å²) in [5.74, 6) is 0.274. The van der Waals surface area contributed by atoms with Crippen LogP contribution in [0.25, 0.3) is 10.4 Å². The zero-order valence-electron chi connectivity index (χ0n) is 20.5. The maximum absolute atomic E-state index is 13.4. The molecule has 1 aliphatic rings. The molecule has 1 amide bonds. The normalized spacial score (nSPS) is 14.8. The lowest BCUT2D eigenvalue weighted by molar-refractivity contribution is 0.102. The Morgan fingerprint density at radius 3 is 2.53 bits per heavy atom. The molecule has 2 aromatic heterocycles. The SMILES string of the molecule is Cc1nn(C)cc1CN1CCC(c2ccc(C(=O)Nc3cc(-c4ccc(F)s4)ccc3N)cc2)CC1. The van der Waals surface area contributed by atoms with Crippen molar-refractivity contribution in [3.8, 4) is 10.4 Å². The van der Waals surface area contributed by atoms with Crippen molar-refractivity contribution in [2.45, 2.75) is 32.2 Å². The fraction of sp³-hybridized carbons (Fsp3) is 0.286. The second kappa shape index (κ2) is 10.2. The van der Waals surface area contributed by atoms with Crippen LogP contribution in [0.1, 0.15) is 45.9 Å². The molecular weight excluding hydrogens is 473 g/mol. The Kier molecular flexibility index (Phi) is 6.89. The average Bonchev–Trinajstić information content (AvgIpc) is 3.45. The number of nitrogen functional groups attached to an aromatic ring is 1. The molecule has 36 heavy (non-hydrogen) atoms. The molecule has 3 heterocycles. The van der Waals surface area contributed by atoms with Gasteiger partial charge < -0.3 is 11.1 Å². The van der Waals surface area contributed by atoms with Crippen molar-refractivity contribution in [1.29, 1.82) is 0 Å². The van der Waals surface area contributed by atoms with Crippen LogP contribution < -0.4 is 11.1 Å². The number of rotatable bonds is 6. The van der Waals surface area contributed by atoms with Gasteiger partial charge in [-0.05, 0) is 86.3 Å². The molecule has 0 saturated carbocycles. The van der Waals surface area contributed by atoms with Crippen molar-refractivity contribution >= 4 is 28.6 Å². The minimum Gasteiger partial charge on any atom is -0.397 e. The van der Waals surface area contributed by atoms with Gasteiger partial charge in [-0.3, -0.25) is 14.4 Å². The molecule has 8 heteroatoms. The van der Waals surface area contributed by atoms with Gasteiger partial charge in [-0.15, -0.1) is 11.3 Å². The van der Waals surface area contributed by atoms with E-state index >= 15 is 0 Å². The summed E-state index contributed by atoms with van der Waals surface area (Å²) >= 11 is 1.06. The molecular formula is C28H30FN5OS. The number of aromatic nitrogens is 2. The maximum Gasteiger partial charge on any atom is 0.255 e. The van der Waals surface area contributed by atoms with Crippen molar-refractivity contribution in [1.82, 2.24) is 14.7 Å². The predicted molar refractivity (Wildman–Crippen MR) is 144 cm³/mol. The van der Waals surface area contributed by atoms with E-state index in [1.54, 1.807) is 18.2 Å². The first-order valence-electron chi connectivity index (χ1n) is 12.1. The second-order valence-corrected chi connectivity index (χ2v) is 10.5. The van der Waals surface area contributed by atoms with Gasteiger partial charge in [-0.2, -0.15) is 9.49 Å². The first-order valence-corrected chi connectivity index (χ1v) is 13.0. The summed E-state index contributed by atoms with van der Waals surface area (Å²) in [5, 5.41) is 7.11. The number of amides is 1. The predicted octanol–water partition coefficient (Wildman–Crippen LogP) is 5.81. The van der Waals surface area contributed by atoms with E-state index < -0.39 is 0 Å². The van der Waals surface area contributed by atoms with Crippen LogP contribution >= 0.6 is 11.3 Å². The summed E-state index contributed by atoms with van der Waals surface area (Å²) < 4.78 is 15.3. The number of carbonyl (C=O) groups is 1. The first kappa shape index (κ1) is 24.2. The van der Waals surface area contributed by atoms with Gasteiger partial charge in [0.15, 0.2) is 5.13 Å². The number of thiophene rings is 1. The zero-order valence-corrected chi connectivity index (χ0v) is 21.3. The monoisotopic (exact) mass is 503 g/mol. The number of halogens is 1. The highest BCUT2D eigenvalue weighted by atomic mass is 32.1. The van der Waals surface area contributed by atoms with Crippen molar-refractivity contribution < 1.29 is 9.18 Å². The van der Waals surface area contributed by atoms with Crippen LogP contribution in [0.15, 0.2) is 60.8 Å². The molecule has 4 aromatic rings. The molecule has 0 atom stereocenters. The van der Waals surface area contributed by atoms with Gasteiger partial charge in [0.1, 0.15) is 0 Å². The van der Waals surface area contributed by atoms with E-state index in [0.717, 1.165) is 59.9 Å². The van der Waals surface area contributed by atoms with E-state index in [1.165, 1.54) is 17.2 Å². The second-order valence-electron chi connectivity index (χ2n) is 9.45. The summed E-state index contributed by atoms with van der Waals surface area (Å²) in [6.07, 6.45) is 4.30. The number of hydrogen-bond donors (Lipinski definition) is 2. The van der Waals surface area contributed by atoms with Crippen LogP contribution in [0.4, 0.5) is 15.8 Å². The third-order valence-corrected chi connectivity index (χ3v) is 7.82. The lowest BCUT2D eigenvalue weighted by Crippen LogP contribution is -2.32. The lowest BCUT2D eigenvalue weighted by Gasteiger charge is -2.32. The lowest BCUT2D eigenvalue weighted by atomic mass is 9.89. The largest absolute Gasteiger partial charge is 0.397 e. The van der Waals surface area contributed by atoms with Gasteiger partial charge in [0.2, 0.25) is 0 Å². The highest BCUT2D eigenvalue weighted by molar-refractivity contribution is 7.13. The summed E-state index contributed by atoms with van der Waals surface area (Å²) in [7, 11) is 1.96. The van der Waals surface area contributed by atoms with E-state index in [0.29, 0.717) is 22.9 Å². The molecule has 0 aliphatic carbocycles. The topological polar surface area (TPSA) is 76.2 Å². The van der Waals surface area contributed by atoms with Crippen LogP contribution in [0.3, 0.4) is 0 Å². The molecule has 0 radical (unpaired) electrons. The van der Waals surface area contributed by atoms with E-state index in [1.807, 2.05) is 29.9 Å². The number of benzene rings is 2. The Bertz CT molecular complexity index is 1370. The Balaban J connectivity index is 1.19. The molecule has 6 nitrogen and oxygen atoms in total. The van der Waals surface area contributed by atoms with E-state index in [-0.39, 0.29) is 11.0 Å². The van der Waals surface area contributed by atoms with Crippen LogP contribution in [0.2, 0.25) is 0 Å². The van der Waals surface area contributed by atoms with Crippen LogP contribution in [-0.2, 0) is 13.6 Å². The Morgan fingerprint density at radius 1 is 1.14 bits per heavy atom. The Morgan fingerprint density at radius 2 is 1.89 bits per heavy atom. The molecule has 0 unspecified atom stereocenters. The smallest absolute Gasteiger partial charge is 0.255 e.